The summed E-state index contributed by atoms with van der Waals surface area (Å²) < 4.78 is 26.3. The second-order valence-electron chi connectivity index (χ2n) is 6.92. The van der Waals surface area contributed by atoms with E-state index in [1.54, 1.807) is 0 Å². The molecule has 12 nitrogen and oxygen atoms in total. The van der Waals surface area contributed by atoms with E-state index >= 15 is 0 Å². The number of fused-ring (bicyclic) bond motifs is 1. The van der Waals surface area contributed by atoms with Crippen LogP contribution in [0.5, 0.6) is 0 Å². The van der Waals surface area contributed by atoms with Gasteiger partial charge < -0.3 is 0 Å². The maximum atomic E-state index is 12.0. The predicted molar refractivity (Wildman–Crippen MR) is 108 cm³/mol. The molecule has 3 rings (SSSR count). The Morgan fingerprint density at radius 1 is 1.20 bits per heavy atom. The summed E-state index contributed by atoms with van der Waals surface area (Å²) in [4.78, 5) is 26.8. The van der Waals surface area contributed by atoms with E-state index in [1.165, 1.54) is 34.8 Å². The van der Waals surface area contributed by atoms with Gasteiger partial charge in [-0.25, -0.2) is 0 Å². The Bertz CT molecular complexity index is 674. The van der Waals surface area contributed by atoms with Crippen LogP contribution < -0.4 is 21.6 Å². The van der Waals surface area contributed by atoms with E-state index in [9.17, 15) is 30.0 Å². The van der Waals surface area contributed by atoms with Gasteiger partial charge in [-0.15, -0.1) is 0 Å². The Morgan fingerprint density at radius 2 is 1.87 bits per heavy atom. The van der Waals surface area contributed by atoms with Crippen LogP contribution in [-0.2, 0) is 29.9 Å². The zero-order valence-corrected chi connectivity index (χ0v) is 22.1. The normalized spacial score (nSPS) is 45.8. The second kappa shape index (κ2) is 9.97. The Balaban J connectivity index is 1.83. The van der Waals surface area contributed by atoms with Crippen LogP contribution in [0, 0.1) is 0 Å². The van der Waals surface area contributed by atoms with Gasteiger partial charge in [0.15, 0.2) is 0 Å². The molecular weight excluding hydrogens is 751 g/mol. The molecule has 0 radical (unpaired) electrons. The first-order valence-corrected chi connectivity index (χ1v) is 13.7. The van der Waals surface area contributed by atoms with Crippen LogP contribution in [0.3, 0.4) is 0 Å². The molecule has 0 aliphatic carbocycles. The number of amides is 1. The summed E-state index contributed by atoms with van der Waals surface area (Å²) in [6.45, 7) is 1.42. The van der Waals surface area contributed by atoms with E-state index in [0.717, 1.165) is 0 Å². The summed E-state index contributed by atoms with van der Waals surface area (Å²) in [5, 5.41) is 40.9. The van der Waals surface area contributed by atoms with E-state index < -0.39 is 86.4 Å². The van der Waals surface area contributed by atoms with Crippen molar-refractivity contribution in [3.05, 3.63) is 0 Å². The summed E-state index contributed by atoms with van der Waals surface area (Å²) in [7, 11) is 0. The number of carbonyl (C=O) groups is 2. The fourth-order valence-electron chi connectivity index (χ4n) is 3.65. The van der Waals surface area contributed by atoms with Crippen LogP contribution in [0.4, 0.5) is 0 Å². The standard InChI is InChI=1S/C15H21I3NO11/c1-4(20)19-12-10(6(21)5(3-26-18-2)29-15(12,19)16)27-14-8(23)7(22)9(30-17)11(28-14)13(24)25/h5-12,14,21-23H,3H2,1-2H3,(H,24,25)/q-1. The number of carboxylic acid groups (broad SMARTS) is 1. The minimum atomic E-state index is -1.65. The van der Waals surface area contributed by atoms with Crippen LogP contribution in [0.1, 0.15) is 6.92 Å². The first-order chi connectivity index (χ1) is 14.1. The Kier molecular flexibility index (Phi) is 8.45. The Morgan fingerprint density at radius 3 is 2.40 bits per heavy atom. The number of carboxylic acids is 1. The van der Waals surface area contributed by atoms with Crippen molar-refractivity contribution in [1.82, 2.24) is 4.90 Å². The molecule has 10 unspecified atom stereocenters. The molecule has 15 heteroatoms. The van der Waals surface area contributed by atoms with E-state index in [0.29, 0.717) is 0 Å². The van der Waals surface area contributed by atoms with Gasteiger partial charge in [-0.05, 0) is 0 Å². The molecule has 174 valence electrons. The SMILES string of the molecule is C[I-]OCC1OC2(I)C(C(OC3OC(C(=O)O)C(OI)C(O)C3O)C1O)N2C(C)=O. The molecule has 0 spiro atoms. The molecule has 0 aromatic rings. The van der Waals surface area contributed by atoms with Crippen LogP contribution in [0.25, 0.3) is 0 Å². The molecule has 30 heavy (non-hydrogen) atoms. The van der Waals surface area contributed by atoms with Gasteiger partial charge in [-0.1, -0.05) is 0 Å². The average molecular weight is 772 g/mol. The molecule has 3 aliphatic heterocycles. The molecule has 0 aromatic carbocycles. The summed E-state index contributed by atoms with van der Waals surface area (Å²) >= 11 is 2.81. The Hall–Kier alpha value is 0.810. The van der Waals surface area contributed by atoms with Gasteiger partial charge in [0, 0.05) is 0 Å². The number of ether oxygens (including phenoxy) is 3. The van der Waals surface area contributed by atoms with Gasteiger partial charge in [-0.2, -0.15) is 0 Å². The van der Waals surface area contributed by atoms with Gasteiger partial charge in [0.25, 0.3) is 0 Å². The van der Waals surface area contributed by atoms with Crippen LogP contribution in [-0.4, -0.2) is 108 Å². The number of nitrogens with zero attached hydrogens (tertiary/aromatic N) is 1. The van der Waals surface area contributed by atoms with Gasteiger partial charge in [0.2, 0.25) is 0 Å². The van der Waals surface area contributed by atoms with Crippen molar-refractivity contribution in [2.24, 2.45) is 0 Å². The van der Waals surface area contributed by atoms with E-state index in [4.69, 9.17) is 20.3 Å². The van der Waals surface area contributed by atoms with Crippen molar-refractivity contribution in [2.75, 3.05) is 11.5 Å². The van der Waals surface area contributed by atoms with Gasteiger partial charge in [-0.3, -0.25) is 0 Å². The molecule has 3 aliphatic rings. The van der Waals surface area contributed by atoms with Gasteiger partial charge in [0.05, 0.1) is 0 Å². The van der Waals surface area contributed by atoms with Gasteiger partial charge >= 0.3 is 212 Å². The molecule has 3 heterocycles. The molecule has 1 amide bonds. The minimum absolute atomic E-state index is 0.0766. The molecule has 4 N–H and O–H groups in total. The summed E-state index contributed by atoms with van der Waals surface area (Å²) in [5.41, 5.74) is 0. The average Bonchev–Trinajstić information content (AvgIpc) is 3.31. The number of hydrogen-bond acceptors (Lipinski definition) is 10. The third-order valence-electron chi connectivity index (χ3n) is 5.11. The molecule has 0 bridgehead atoms. The third-order valence-corrected chi connectivity index (χ3v) is 8.09. The molecule has 3 saturated heterocycles. The molecule has 0 aromatic heterocycles. The molecule has 10 atom stereocenters. The predicted octanol–water partition coefficient (Wildman–Crippen LogP) is -4.63. The number of aliphatic carboxylic acids is 1. The fraction of sp³-hybridized carbons (Fsp3) is 0.867. The summed E-state index contributed by atoms with van der Waals surface area (Å²) in [6, 6.07) is -0.701. The maximum absolute atomic E-state index is 12.0. The first-order valence-electron chi connectivity index (χ1n) is 8.71. The number of carbonyl (C=O) groups excluding carboxylic acids is 1. The van der Waals surface area contributed by atoms with E-state index in [1.807, 2.05) is 27.5 Å². The molecular formula is C15H21I3NO11-. The Labute approximate surface area is 210 Å². The van der Waals surface area contributed by atoms with Crippen molar-refractivity contribution in [2.45, 2.75) is 65.7 Å². The number of hydrogen-bond donors (Lipinski definition) is 4. The van der Waals surface area contributed by atoms with E-state index in [-0.39, 0.29) is 12.5 Å². The first kappa shape index (κ1) is 25.4. The van der Waals surface area contributed by atoms with Crippen LogP contribution in [0.15, 0.2) is 0 Å². The molecule has 0 saturated carbocycles. The fourth-order valence-corrected chi connectivity index (χ4v) is 6.39. The van der Waals surface area contributed by atoms with Crippen molar-refractivity contribution in [3.8, 4) is 0 Å². The number of rotatable bonds is 7. The van der Waals surface area contributed by atoms with Crippen LogP contribution >= 0.6 is 45.6 Å². The second-order valence-corrected chi connectivity index (χ2v) is 10.5. The topological polar surface area (TPSA) is 164 Å². The van der Waals surface area contributed by atoms with Crippen molar-refractivity contribution < 1.29 is 72.0 Å². The van der Waals surface area contributed by atoms with Crippen LogP contribution in [0.2, 0.25) is 0 Å². The van der Waals surface area contributed by atoms with Gasteiger partial charge in [0.1, 0.15) is 0 Å². The zero-order chi connectivity index (χ0) is 22.4. The quantitative estimate of drug-likeness (QED) is 0.0853. The van der Waals surface area contributed by atoms with E-state index in [2.05, 4.69) is 0 Å². The van der Waals surface area contributed by atoms with Crippen molar-refractivity contribution >= 4 is 57.5 Å². The number of alkyl halides is 2. The number of halogens is 3. The summed E-state index contributed by atoms with van der Waals surface area (Å²) in [5.74, 6) is -1.73. The zero-order valence-electron chi connectivity index (χ0n) is 15.6. The third kappa shape index (κ3) is 4.57. The van der Waals surface area contributed by atoms with Crippen molar-refractivity contribution in [3.63, 3.8) is 0 Å². The number of aliphatic hydroxyl groups is 3. The summed E-state index contributed by atoms with van der Waals surface area (Å²) in [6.07, 6.45) is -11.0. The monoisotopic (exact) mass is 772 g/mol. The number of aliphatic hydroxyl groups excluding tert-OH is 3. The molecule has 3 fully saturated rings. The van der Waals surface area contributed by atoms with Crippen molar-refractivity contribution in [1.29, 1.82) is 0 Å².